The minimum atomic E-state index is -0.645. The van der Waals surface area contributed by atoms with Crippen molar-refractivity contribution in [2.24, 2.45) is 0 Å². The van der Waals surface area contributed by atoms with Crippen LogP contribution in [-0.2, 0) is 25.5 Å². The molecule has 4 rings (SSSR count). The lowest BCUT2D eigenvalue weighted by Crippen LogP contribution is -2.35. The maximum atomic E-state index is 13.4. The molecule has 1 aromatic carbocycles. The van der Waals surface area contributed by atoms with Crippen LogP contribution in [0.1, 0.15) is 36.1 Å². The number of rotatable bonds is 10. The van der Waals surface area contributed by atoms with E-state index in [1.807, 2.05) is 36.6 Å². The number of nitrogens with zero attached hydrogens (tertiary/aromatic N) is 1. The summed E-state index contributed by atoms with van der Waals surface area (Å²) in [5, 5.41) is 7.27. The molecule has 2 N–H and O–H groups in total. The number of halogens is 1. The second-order valence-electron chi connectivity index (χ2n) is 7.93. The van der Waals surface area contributed by atoms with Gasteiger partial charge in [-0.25, -0.2) is 4.98 Å². The summed E-state index contributed by atoms with van der Waals surface area (Å²) in [4.78, 5) is 30.5. The third-order valence-electron chi connectivity index (χ3n) is 5.49. The van der Waals surface area contributed by atoms with E-state index < -0.39 is 17.2 Å². The van der Waals surface area contributed by atoms with Gasteiger partial charge in [-0.1, -0.05) is 36.5 Å². The average molecular weight is 504 g/mol. The van der Waals surface area contributed by atoms with Crippen LogP contribution in [0.3, 0.4) is 0 Å². The summed E-state index contributed by atoms with van der Waals surface area (Å²) in [5.41, 5.74) is 1.38. The molecule has 3 atom stereocenters. The van der Waals surface area contributed by atoms with Crippen LogP contribution in [0.15, 0.2) is 48.0 Å². The summed E-state index contributed by atoms with van der Waals surface area (Å²) >= 11 is 2.31. The molecule has 0 saturated carbocycles. The fourth-order valence-corrected chi connectivity index (χ4v) is 5.11. The summed E-state index contributed by atoms with van der Waals surface area (Å²) in [6, 6.07) is 11.0. The van der Waals surface area contributed by atoms with E-state index in [-0.39, 0.29) is 23.0 Å². The molecule has 1 saturated heterocycles. The van der Waals surface area contributed by atoms with Gasteiger partial charge in [-0.2, -0.15) is 4.39 Å². The molecule has 3 heterocycles. The fourth-order valence-electron chi connectivity index (χ4n) is 3.86. The second kappa shape index (κ2) is 11.7. The molecule has 1 aliphatic rings. The molecule has 0 spiro atoms. The maximum absolute atomic E-state index is 13.4. The Bertz CT molecular complexity index is 1080. The number of aromatic nitrogens is 1. The Morgan fingerprint density at radius 2 is 2.09 bits per heavy atom. The number of carbonyl (C=O) groups is 2. The van der Waals surface area contributed by atoms with E-state index in [0.29, 0.717) is 31.7 Å². The number of thiophene rings is 1. The van der Waals surface area contributed by atoms with E-state index in [2.05, 4.69) is 15.6 Å². The topological polar surface area (TPSA) is 89.6 Å². The number of hydrogen-bond donors (Lipinski definition) is 2. The zero-order valence-electron chi connectivity index (χ0n) is 18.7. The first-order valence-corrected chi connectivity index (χ1v) is 12.8. The van der Waals surface area contributed by atoms with E-state index in [1.54, 1.807) is 12.1 Å². The summed E-state index contributed by atoms with van der Waals surface area (Å²) < 4.78 is 25.1. The van der Waals surface area contributed by atoms with Gasteiger partial charge < -0.3 is 20.1 Å². The molecule has 1 aliphatic heterocycles. The standard InChI is InChI=1S/C24H26FN3O4S2/c1-2-19(32-17-9-10-31-14-17)22(23(30)28-24-26-13-20(25)34-24)15-5-7-16(8-6-15)27-21(29)12-18-4-3-11-33-18/h3-8,11,13,17,19,22H,2,9-10,12,14H2,1H3,(H,27,29)(H,26,28,30)/t17-,19?,22?/m1/s1. The van der Waals surface area contributed by atoms with Crippen LogP contribution in [-0.4, -0.2) is 42.2 Å². The van der Waals surface area contributed by atoms with Crippen LogP contribution < -0.4 is 10.6 Å². The van der Waals surface area contributed by atoms with Crippen LogP contribution in [0.2, 0.25) is 0 Å². The highest BCUT2D eigenvalue weighted by Gasteiger charge is 2.33. The Labute approximate surface area is 205 Å². The zero-order valence-corrected chi connectivity index (χ0v) is 20.3. The monoisotopic (exact) mass is 503 g/mol. The molecule has 2 amide bonds. The third-order valence-corrected chi connectivity index (χ3v) is 7.07. The molecule has 0 radical (unpaired) electrons. The molecular formula is C24H26FN3O4S2. The SMILES string of the molecule is CCC(O[C@@H]1CCOC1)C(C(=O)Nc1ncc(F)s1)c1ccc(NC(=O)Cc2cccs2)cc1. The van der Waals surface area contributed by atoms with Gasteiger partial charge in [-0.05, 0) is 42.0 Å². The fraction of sp³-hybridized carbons (Fsp3) is 0.375. The first-order chi connectivity index (χ1) is 16.5. The number of benzene rings is 1. The Morgan fingerprint density at radius 1 is 1.26 bits per heavy atom. The number of ether oxygens (including phenoxy) is 2. The van der Waals surface area contributed by atoms with Gasteiger partial charge in [-0.15, -0.1) is 11.3 Å². The molecule has 0 aliphatic carbocycles. The molecule has 3 aromatic rings. The van der Waals surface area contributed by atoms with Gasteiger partial charge in [0.05, 0.1) is 37.4 Å². The van der Waals surface area contributed by atoms with Crippen molar-refractivity contribution in [3.8, 4) is 0 Å². The minimum absolute atomic E-state index is 0.0756. The van der Waals surface area contributed by atoms with Gasteiger partial charge in [0.1, 0.15) is 0 Å². The molecule has 2 aromatic heterocycles. The van der Waals surface area contributed by atoms with Gasteiger partial charge in [0.2, 0.25) is 11.8 Å². The van der Waals surface area contributed by atoms with Crippen LogP contribution >= 0.6 is 22.7 Å². The highest BCUT2D eigenvalue weighted by molar-refractivity contribution is 7.14. The molecule has 1 fully saturated rings. The number of hydrogen-bond acceptors (Lipinski definition) is 7. The Kier molecular flexibility index (Phi) is 8.39. The summed E-state index contributed by atoms with van der Waals surface area (Å²) in [6.45, 7) is 3.09. The quantitative estimate of drug-likeness (QED) is 0.414. The van der Waals surface area contributed by atoms with E-state index in [1.165, 1.54) is 11.3 Å². The number of amides is 2. The van der Waals surface area contributed by atoms with Crippen molar-refractivity contribution in [1.82, 2.24) is 4.98 Å². The van der Waals surface area contributed by atoms with Crippen molar-refractivity contribution >= 4 is 45.3 Å². The van der Waals surface area contributed by atoms with E-state index in [4.69, 9.17) is 9.47 Å². The predicted molar refractivity (Wildman–Crippen MR) is 131 cm³/mol. The van der Waals surface area contributed by atoms with Crippen molar-refractivity contribution in [3.05, 3.63) is 63.5 Å². The molecule has 180 valence electrons. The largest absolute Gasteiger partial charge is 0.379 e. The van der Waals surface area contributed by atoms with E-state index in [9.17, 15) is 14.0 Å². The minimum Gasteiger partial charge on any atom is -0.379 e. The first kappa shape index (κ1) is 24.5. The lowest BCUT2D eigenvalue weighted by molar-refractivity contribution is -0.123. The zero-order chi connectivity index (χ0) is 23.9. The van der Waals surface area contributed by atoms with E-state index >= 15 is 0 Å². The lowest BCUT2D eigenvalue weighted by Gasteiger charge is -2.28. The second-order valence-corrected chi connectivity index (χ2v) is 9.94. The van der Waals surface area contributed by atoms with Gasteiger partial charge in [-0.3, -0.25) is 9.59 Å². The molecule has 7 nitrogen and oxygen atoms in total. The van der Waals surface area contributed by atoms with Crippen LogP contribution in [0.25, 0.3) is 0 Å². The smallest absolute Gasteiger partial charge is 0.236 e. The predicted octanol–water partition coefficient (Wildman–Crippen LogP) is 4.83. The van der Waals surface area contributed by atoms with Gasteiger partial charge in [0.25, 0.3) is 0 Å². The average Bonchev–Trinajstić information content (AvgIpc) is 3.59. The van der Waals surface area contributed by atoms with Crippen molar-refractivity contribution in [1.29, 1.82) is 0 Å². The summed E-state index contributed by atoms with van der Waals surface area (Å²) in [7, 11) is 0. The Hall–Kier alpha value is -2.66. The van der Waals surface area contributed by atoms with Crippen LogP contribution in [0, 0.1) is 5.13 Å². The first-order valence-electron chi connectivity index (χ1n) is 11.1. The highest BCUT2D eigenvalue weighted by atomic mass is 32.1. The number of thiazole rings is 1. The van der Waals surface area contributed by atoms with Crippen LogP contribution in [0.5, 0.6) is 0 Å². The lowest BCUT2D eigenvalue weighted by atomic mass is 9.90. The third kappa shape index (κ3) is 6.47. The molecule has 0 bridgehead atoms. The Balaban J connectivity index is 1.50. The van der Waals surface area contributed by atoms with Gasteiger partial charge in [0, 0.05) is 17.2 Å². The van der Waals surface area contributed by atoms with Crippen molar-refractivity contribution in [2.75, 3.05) is 23.8 Å². The number of carbonyl (C=O) groups excluding carboxylic acids is 2. The van der Waals surface area contributed by atoms with Crippen molar-refractivity contribution in [3.63, 3.8) is 0 Å². The molecule has 2 unspecified atom stereocenters. The van der Waals surface area contributed by atoms with Crippen LogP contribution in [0.4, 0.5) is 15.2 Å². The summed E-state index contributed by atoms with van der Waals surface area (Å²) in [6.07, 6.45) is 2.28. The van der Waals surface area contributed by atoms with Crippen molar-refractivity contribution < 1.29 is 23.5 Å². The molecule has 10 heteroatoms. The summed E-state index contributed by atoms with van der Waals surface area (Å²) in [5.74, 6) is -1.07. The molecule has 34 heavy (non-hydrogen) atoms. The Morgan fingerprint density at radius 3 is 2.71 bits per heavy atom. The normalized spacial score (nSPS) is 17.3. The van der Waals surface area contributed by atoms with Crippen molar-refractivity contribution in [2.45, 2.75) is 44.3 Å². The van der Waals surface area contributed by atoms with E-state index in [0.717, 1.165) is 34.4 Å². The maximum Gasteiger partial charge on any atom is 0.236 e. The molecular weight excluding hydrogens is 477 g/mol. The number of nitrogens with one attached hydrogen (secondary N) is 2. The number of anilines is 2. The highest BCUT2D eigenvalue weighted by Crippen LogP contribution is 2.30. The van der Waals surface area contributed by atoms with Gasteiger partial charge in [0.15, 0.2) is 10.3 Å². The van der Waals surface area contributed by atoms with Gasteiger partial charge >= 0.3 is 0 Å².